The minimum absolute atomic E-state index is 0.141. The van der Waals surface area contributed by atoms with Crippen molar-refractivity contribution >= 4 is 23.4 Å². The molecular formula is C21H20N2O4. The van der Waals surface area contributed by atoms with Crippen molar-refractivity contribution in [3.05, 3.63) is 59.7 Å². The zero-order valence-corrected chi connectivity index (χ0v) is 15.3. The fourth-order valence-corrected chi connectivity index (χ4v) is 4.04. The van der Waals surface area contributed by atoms with Crippen LogP contribution in [0.5, 0.6) is 5.75 Å². The van der Waals surface area contributed by atoms with Gasteiger partial charge in [0.25, 0.3) is 0 Å². The molecule has 138 valence electrons. The van der Waals surface area contributed by atoms with Gasteiger partial charge in [0.05, 0.1) is 13.7 Å². The second-order valence-electron chi connectivity index (χ2n) is 6.92. The SMILES string of the molecule is COc1ccc(CN2C(=O)CCC3(C2=O)C(=O)N(C)c2ccccc23)cc1. The third-order valence-corrected chi connectivity index (χ3v) is 5.52. The molecule has 1 spiro atoms. The molecule has 1 atom stereocenters. The Hall–Kier alpha value is -3.15. The summed E-state index contributed by atoms with van der Waals surface area (Å²) in [5, 5.41) is 0. The number of hydrogen-bond acceptors (Lipinski definition) is 4. The molecule has 27 heavy (non-hydrogen) atoms. The number of methoxy groups -OCH3 is 1. The number of rotatable bonds is 3. The lowest BCUT2D eigenvalue weighted by Gasteiger charge is -2.37. The predicted molar refractivity (Wildman–Crippen MR) is 99.3 cm³/mol. The van der Waals surface area contributed by atoms with Gasteiger partial charge in [-0.1, -0.05) is 30.3 Å². The highest BCUT2D eigenvalue weighted by molar-refractivity contribution is 6.24. The number of likely N-dealkylation sites (tertiary alicyclic amines) is 1. The molecule has 6 heteroatoms. The molecule has 0 radical (unpaired) electrons. The van der Waals surface area contributed by atoms with Gasteiger partial charge in [0.1, 0.15) is 5.75 Å². The lowest BCUT2D eigenvalue weighted by atomic mass is 9.74. The van der Waals surface area contributed by atoms with Gasteiger partial charge < -0.3 is 9.64 Å². The number of imide groups is 1. The molecule has 1 unspecified atom stereocenters. The molecule has 2 aliphatic heterocycles. The molecule has 0 saturated carbocycles. The van der Waals surface area contributed by atoms with Gasteiger partial charge in [0, 0.05) is 24.7 Å². The summed E-state index contributed by atoms with van der Waals surface area (Å²) in [5.41, 5.74) is 0.928. The van der Waals surface area contributed by atoms with E-state index in [9.17, 15) is 14.4 Å². The average Bonchev–Trinajstić information content (AvgIpc) is 2.91. The van der Waals surface area contributed by atoms with Crippen molar-refractivity contribution in [3.8, 4) is 5.75 Å². The number of para-hydroxylation sites is 1. The van der Waals surface area contributed by atoms with Crippen molar-refractivity contribution in [1.29, 1.82) is 0 Å². The Balaban J connectivity index is 1.72. The van der Waals surface area contributed by atoms with Crippen LogP contribution in [0, 0.1) is 0 Å². The van der Waals surface area contributed by atoms with Gasteiger partial charge in [0.2, 0.25) is 17.7 Å². The summed E-state index contributed by atoms with van der Waals surface area (Å²) in [5.74, 6) is -0.244. The van der Waals surface area contributed by atoms with Crippen molar-refractivity contribution in [2.75, 3.05) is 19.1 Å². The van der Waals surface area contributed by atoms with Gasteiger partial charge in [-0.3, -0.25) is 19.3 Å². The summed E-state index contributed by atoms with van der Waals surface area (Å²) in [6.07, 6.45) is 0.375. The first-order valence-corrected chi connectivity index (χ1v) is 8.84. The van der Waals surface area contributed by atoms with Crippen molar-refractivity contribution in [2.45, 2.75) is 24.8 Å². The molecule has 4 rings (SSSR count). The van der Waals surface area contributed by atoms with Crippen LogP contribution in [-0.4, -0.2) is 36.8 Å². The maximum atomic E-state index is 13.4. The van der Waals surface area contributed by atoms with Gasteiger partial charge in [-0.2, -0.15) is 0 Å². The van der Waals surface area contributed by atoms with E-state index >= 15 is 0 Å². The maximum Gasteiger partial charge on any atom is 0.249 e. The summed E-state index contributed by atoms with van der Waals surface area (Å²) < 4.78 is 5.14. The Morgan fingerprint density at radius 3 is 2.41 bits per heavy atom. The number of carbonyl (C=O) groups is 3. The normalized spacial score (nSPS) is 21.8. The number of piperidine rings is 1. The van der Waals surface area contributed by atoms with Crippen molar-refractivity contribution in [2.24, 2.45) is 0 Å². The predicted octanol–water partition coefficient (Wildman–Crippen LogP) is 2.26. The van der Waals surface area contributed by atoms with Gasteiger partial charge >= 0.3 is 0 Å². The fourth-order valence-electron chi connectivity index (χ4n) is 4.04. The first-order valence-electron chi connectivity index (χ1n) is 8.84. The summed E-state index contributed by atoms with van der Waals surface area (Å²) in [6.45, 7) is 0.141. The van der Waals surface area contributed by atoms with Crippen molar-refractivity contribution < 1.29 is 19.1 Å². The van der Waals surface area contributed by atoms with E-state index in [-0.39, 0.29) is 31.2 Å². The molecule has 2 aromatic rings. The van der Waals surface area contributed by atoms with Crippen LogP contribution in [-0.2, 0) is 26.3 Å². The van der Waals surface area contributed by atoms with Crippen LogP contribution in [0.15, 0.2) is 48.5 Å². The zero-order chi connectivity index (χ0) is 19.2. The Morgan fingerprint density at radius 2 is 1.70 bits per heavy atom. The summed E-state index contributed by atoms with van der Waals surface area (Å²) >= 11 is 0. The second kappa shape index (κ2) is 6.23. The number of anilines is 1. The molecule has 3 amide bonds. The van der Waals surface area contributed by atoms with Crippen molar-refractivity contribution in [3.63, 3.8) is 0 Å². The first-order chi connectivity index (χ1) is 13.0. The fraction of sp³-hybridized carbons (Fsp3) is 0.286. The van der Waals surface area contributed by atoms with E-state index in [1.165, 1.54) is 9.80 Å². The smallest absolute Gasteiger partial charge is 0.249 e. The number of nitrogens with zero attached hydrogens (tertiary/aromatic N) is 2. The molecular weight excluding hydrogens is 344 g/mol. The topological polar surface area (TPSA) is 66.9 Å². The highest BCUT2D eigenvalue weighted by Crippen LogP contribution is 2.47. The highest BCUT2D eigenvalue weighted by atomic mass is 16.5. The number of amides is 3. The van der Waals surface area contributed by atoms with Gasteiger partial charge in [-0.05, 0) is 30.2 Å². The van der Waals surface area contributed by atoms with E-state index in [1.807, 2.05) is 36.4 Å². The first kappa shape index (κ1) is 17.3. The van der Waals surface area contributed by atoms with Gasteiger partial charge in [-0.25, -0.2) is 0 Å². The standard InChI is InChI=1S/C21H20N2O4/c1-22-17-6-4-3-5-16(17)21(19(22)25)12-11-18(24)23(20(21)26)13-14-7-9-15(27-2)10-8-14/h3-10H,11-13H2,1-2H3. The Kier molecular flexibility index (Phi) is 3.98. The molecule has 0 bridgehead atoms. The van der Waals surface area contributed by atoms with E-state index in [0.717, 1.165) is 11.3 Å². The molecule has 2 aromatic carbocycles. The third kappa shape index (κ3) is 2.44. The number of benzene rings is 2. The van der Waals surface area contributed by atoms with E-state index in [1.54, 1.807) is 26.3 Å². The average molecular weight is 364 g/mol. The van der Waals surface area contributed by atoms with Gasteiger partial charge in [0.15, 0.2) is 5.41 Å². The minimum atomic E-state index is -1.30. The lowest BCUT2D eigenvalue weighted by Crippen LogP contribution is -2.57. The third-order valence-electron chi connectivity index (χ3n) is 5.52. The van der Waals surface area contributed by atoms with Crippen LogP contribution in [0.4, 0.5) is 5.69 Å². The van der Waals surface area contributed by atoms with E-state index in [2.05, 4.69) is 0 Å². The van der Waals surface area contributed by atoms with Crippen LogP contribution >= 0.6 is 0 Å². The molecule has 0 aromatic heterocycles. The van der Waals surface area contributed by atoms with E-state index < -0.39 is 11.3 Å². The van der Waals surface area contributed by atoms with Crippen LogP contribution in [0.25, 0.3) is 0 Å². The number of likely N-dealkylation sites (N-methyl/N-ethyl adjacent to an activating group) is 1. The molecule has 2 aliphatic rings. The number of hydrogen-bond donors (Lipinski definition) is 0. The lowest BCUT2D eigenvalue weighted by molar-refractivity contribution is -0.156. The molecule has 1 saturated heterocycles. The zero-order valence-electron chi connectivity index (χ0n) is 15.3. The van der Waals surface area contributed by atoms with Crippen LogP contribution < -0.4 is 9.64 Å². The summed E-state index contributed by atoms with van der Waals surface area (Å²) in [4.78, 5) is 41.8. The van der Waals surface area contributed by atoms with Crippen LogP contribution in [0.1, 0.15) is 24.0 Å². The number of fused-ring (bicyclic) bond motifs is 2. The Labute approximate surface area is 157 Å². The Bertz CT molecular complexity index is 937. The largest absolute Gasteiger partial charge is 0.497 e. The number of carbonyl (C=O) groups excluding carboxylic acids is 3. The summed E-state index contributed by atoms with van der Waals surface area (Å²) in [6, 6.07) is 14.5. The summed E-state index contributed by atoms with van der Waals surface area (Å²) in [7, 11) is 3.25. The van der Waals surface area contributed by atoms with Gasteiger partial charge in [-0.15, -0.1) is 0 Å². The maximum absolute atomic E-state index is 13.4. The molecule has 0 aliphatic carbocycles. The van der Waals surface area contributed by atoms with Crippen molar-refractivity contribution in [1.82, 2.24) is 4.90 Å². The number of ether oxygens (including phenoxy) is 1. The molecule has 6 nitrogen and oxygen atoms in total. The molecule has 2 heterocycles. The Morgan fingerprint density at radius 1 is 1.00 bits per heavy atom. The van der Waals surface area contributed by atoms with E-state index in [4.69, 9.17) is 4.74 Å². The highest BCUT2D eigenvalue weighted by Gasteiger charge is 2.59. The quantitative estimate of drug-likeness (QED) is 0.619. The minimum Gasteiger partial charge on any atom is -0.497 e. The van der Waals surface area contributed by atoms with E-state index in [0.29, 0.717) is 11.3 Å². The van der Waals surface area contributed by atoms with Crippen LogP contribution in [0.2, 0.25) is 0 Å². The van der Waals surface area contributed by atoms with Crippen LogP contribution in [0.3, 0.4) is 0 Å². The monoisotopic (exact) mass is 364 g/mol. The molecule has 0 N–H and O–H groups in total. The molecule has 1 fully saturated rings. The second-order valence-corrected chi connectivity index (χ2v) is 6.92.